The van der Waals surface area contributed by atoms with Crippen molar-refractivity contribution in [2.24, 2.45) is 0 Å². The van der Waals surface area contributed by atoms with Gasteiger partial charge in [0.25, 0.3) is 0 Å². The Balaban J connectivity index is 1.53. The summed E-state index contributed by atoms with van der Waals surface area (Å²) in [6, 6.07) is 9.66. The van der Waals surface area contributed by atoms with Crippen LogP contribution in [0.15, 0.2) is 42.7 Å². The predicted molar refractivity (Wildman–Crippen MR) is 99.8 cm³/mol. The summed E-state index contributed by atoms with van der Waals surface area (Å²) in [5.74, 6) is 1.42. The number of ether oxygens (including phenoxy) is 2. The van der Waals surface area contributed by atoms with Gasteiger partial charge in [0.15, 0.2) is 11.5 Å². The maximum Gasteiger partial charge on any atom is 0.317 e. The van der Waals surface area contributed by atoms with Gasteiger partial charge in [0.1, 0.15) is 0 Å². The average molecular weight is 356 g/mol. The fraction of sp³-hybridized carbons (Fsp3) is 0.368. The largest absolute Gasteiger partial charge is 0.493 e. The highest BCUT2D eigenvalue weighted by Crippen LogP contribution is 2.31. The summed E-state index contributed by atoms with van der Waals surface area (Å²) in [5, 5.41) is 2.95. The number of carbonyl (C=O) groups excluding carboxylic acids is 1. The van der Waals surface area contributed by atoms with Crippen molar-refractivity contribution in [2.45, 2.75) is 6.54 Å². The molecule has 0 aliphatic carbocycles. The highest BCUT2D eigenvalue weighted by molar-refractivity contribution is 5.74. The number of methoxy groups -OCH3 is 2. The van der Waals surface area contributed by atoms with E-state index in [0.29, 0.717) is 31.1 Å². The van der Waals surface area contributed by atoms with Gasteiger partial charge in [-0.05, 0) is 23.8 Å². The Morgan fingerprint density at radius 2 is 1.88 bits per heavy atom. The van der Waals surface area contributed by atoms with E-state index in [9.17, 15) is 4.79 Å². The number of urea groups is 1. The Labute approximate surface area is 153 Å². The monoisotopic (exact) mass is 356 g/mol. The summed E-state index contributed by atoms with van der Waals surface area (Å²) in [6.07, 6.45) is 3.48. The third-order valence-electron chi connectivity index (χ3n) is 4.47. The van der Waals surface area contributed by atoms with Gasteiger partial charge in [-0.2, -0.15) is 0 Å². The molecule has 0 radical (unpaired) electrons. The van der Waals surface area contributed by atoms with Crippen molar-refractivity contribution in [2.75, 3.05) is 45.3 Å². The SMILES string of the molecule is COc1ccc(N2CCN(C(=O)NCc3cccnc3)CC2)cc1OC. The summed E-state index contributed by atoms with van der Waals surface area (Å²) in [4.78, 5) is 20.5. The van der Waals surface area contributed by atoms with E-state index in [1.807, 2.05) is 35.2 Å². The molecule has 1 aliphatic heterocycles. The van der Waals surface area contributed by atoms with Gasteiger partial charge < -0.3 is 24.6 Å². The lowest BCUT2D eigenvalue weighted by molar-refractivity contribution is 0.194. The zero-order valence-electron chi connectivity index (χ0n) is 15.1. The van der Waals surface area contributed by atoms with Crippen molar-refractivity contribution < 1.29 is 14.3 Å². The molecule has 7 nitrogen and oxygen atoms in total. The molecule has 2 amide bonds. The molecule has 1 fully saturated rings. The minimum atomic E-state index is -0.0409. The number of carbonyl (C=O) groups is 1. The second-order valence-corrected chi connectivity index (χ2v) is 6.03. The number of rotatable bonds is 5. The molecule has 2 heterocycles. The fourth-order valence-corrected chi connectivity index (χ4v) is 2.98. The van der Waals surface area contributed by atoms with Gasteiger partial charge in [-0.3, -0.25) is 4.98 Å². The average Bonchev–Trinajstić information content (AvgIpc) is 2.72. The third kappa shape index (κ3) is 4.17. The molecule has 1 saturated heterocycles. The van der Waals surface area contributed by atoms with E-state index in [1.165, 1.54) is 0 Å². The molecular formula is C19H24N4O3. The summed E-state index contributed by atoms with van der Waals surface area (Å²) in [7, 11) is 3.26. The van der Waals surface area contributed by atoms with Crippen LogP contribution in [0.4, 0.5) is 10.5 Å². The van der Waals surface area contributed by atoms with Crippen molar-refractivity contribution in [3.8, 4) is 11.5 Å². The van der Waals surface area contributed by atoms with Crippen molar-refractivity contribution >= 4 is 11.7 Å². The number of piperazine rings is 1. The van der Waals surface area contributed by atoms with Gasteiger partial charge in [-0.1, -0.05) is 6.07 Å². The van der Waals surface area contributed by atoms with Crippen LogP contribution in [-0.4, -0.2) is 56.3 Å². The van der Waals surface area contributed by atoms with Gasteiger partial charge in [0.05, 0.1) is 14.2 Å². The molecule has 2 aromatic rings. The van der Waals surface area contributed by atoms with Gasteiger partial charge in [0, 0.05) is 56.9 Å². The van der Waals surface area contributed by atoms with E-state index in [4.69, 9.17) is 9.47 Å². The van der Waals surface area contributed by atoms with Crippen LogP contribution in [0.5, 0.6) is 11.5 Å². The molecule has 138 valence electrons. The molecule has 0 atom stereocenters. The number of benzene rings is 1. The van der Waals surface area contributed by atoms with E-state index in [2.05, 4.69) is 15.2 Å². The van der Waals surface area contributed by atoms with Crippen molar-refractivity contribution in [3.63, 3.8) is 0 Å². The smallest absolute Gasteiger partial charge is 0.317 e. The Kier molecular flexibility index (Phi) is 5.78. The van der Waals surface area contributed by atoms with Gasteiger partial charge >= 0.3 is 6.03 Å². The normalized spacial score (nSPS) is 14.1. The number of amides is 2. The van der Waals surface area contributed by atoms with E-state index in [1.54, 1.807) is 26.6 Å². The first-order valence-electron chi connectivity index (χ1n) is 8.60. The quantitative estimate of drug-likeness (QED) is 0.889. The number of anilines is 1. The Bertz CT molecular complexity index is 731. The van der Waals surface area contributed by atoms with Crippen molar-refractivity contribution in [1.29, 1.82) is 0 Å². The summed E-state index contributed by atoms with van der Waals surface area (Å²) in [5.41, 5.74) is 2.06. The molecule has 1 aromatic heterocycles. The zero-order valence-corrected chi connectivity index (χ0v) is 15.1. The molecule has 26 heavy (non-hydrogen) atoms. The van der Waals surface area contributed by atoms with Crippen molar-refractivity contribution in [3.05, 3.63) is 48.3 Å². The molecule has 7 heteroatoms. The highest BCUT2D eigenvalue weighted by atomic mass is 16.5. The minimum Gasteiger partial charge on any atom is -0.493 e. The third-order valence-corrected chi connectivity index (χ3v) is 4.47. The van der Waals surface area contributed by atoms with Crippen LogP contribution < -0.4 is 19.7 Å². The molecule has 1 N–H and O–H groups in total. The minimum absolute atomic E-state index is 0.0409. The standard InChI is InChI=1S/C19H24N4O3/c1-25-17-6-5-16(12-18(17)26-2)22-8-10-23(11-9-22)19(24)21-14-15-4-3-7-20-13-15/h3-7,12-13H,8-11,14H2,1-2H3,(H,21,24). The van der Waals surface area contributed by atoms with Crippen LogP contribution >= 0.6 is 0 Å². The fourth-order valence-electron chi connectivity index (χ4n) is 2.98. The Hall–Kier alpha value is -2.96. The molecule has 1 aromatic carbocycles. The lowest BCUT2D eigenvalue weighted by atomic mass is 10.2. The van der Waals surface area contributed by atoms with Crippen LogP contribution in [0.2, 0.25) is 0 Å². The molecule has 3 rings (SSSR count). The van der Waals surface area contributed by atoms with E-state index in [-0.39, 0.29) is 6.03 Å². The number of nitrogens with one attached hydrogen (secondary N) is 1. The van der Waals surface area contributed by atoms with Gasteiger partial charge in [-0.25, -0.2) is 4.79 Å². The van der Waals surface area contributed by atoms with Crippen molar-refractivity contribution in [1.82, 2.24) is 15.2 Å². The van der Waals surface area contributed by atoms with Crippen LogP contribution in [0.3, 0.4) is 0 Å². The number of hydrogen-bond acceptors (Lipinski definition) is 5. The number of hydrogen-bond donors (Lipinski definition) is 1. The Morgan fingerprint density at radius 3 is 2.54 bits per heavy atom. The number of pyridine rings is 1. The first kappa shape index (κ1) is 17.8. The van der Waals surface area contributed by atoms with E-state index >= 15 is 0 Å². The Morgan fingerprint density at radius 1 is 1.12 bits per heavy atom. The molecule has 0 unspecified atom stereocenters. The summed E-state index contributed by atoms with van der Waals surface area (Å²) >= 11 is 0. The van der Waals surface area contributed by atoms with Gasteiger partial charge in [0.2, 0.25) is 0 Å². The second-order valence-electron chi connectivity index (χ2n) is 6.03. The lowest BCUT2D eigenvalue weighted by Crippen LogP contribution is -2.51. The van der Waals surface area contributed by atoms with Crippen LogP contribution in [0.1, 0.15) is 5.56 Å². The first-order valence-corrected chi connectivity index (χ1v) is 8.60. The maximum atomic E-state index is 12.3. The highest BCUT2D eigenvalue weighted by Gasteiger charge is 2.21. The molecule has 1 aliphatic rings. The summed E-state index contributed by atoms with van der Waals surface area (Å²) in [6.45, 7) is 3.38. The molecule has 0 saturated carbocycles. The molecule has 0 bridgehead atoms. The zero-order chi connectivity index (χ0) is 18.4. The van der Waals surface area contributed by atoms with Crippen LogP contribution in [-0.2, 0) is 6.54 Å². The van der Waals surface area contributed by atoms with Crippen LogP contribution in [0, 0.1) is 0 Å². The first-order chi connectivity index (χ1) is 12.7. The van der Waals surface area contributed by atoms with Gasteiger partial charge in [-0.15, -0.1) is 0 Å². The predicted octanol–water partition coefficient (Wildman–Crippen LogP) is 2.13. The topological polar surface area (TPSA) is 66.9 Å². The second kappa shape index (κ2) is 8.42. The molecular weight excluding hydrogens is 332 g/mol. The van der Waals surface area contributed by atoms with E-state index in [0.717, 1.165) is 24.3 Å². The van der Waals surface area contributed by atoms with E-state index < -0.39 is 0 Å². The summed E-state index contributed by atoms with van der Waals surface area (Å²) < 4.78 is 10.7. The number of nitrogens with zero attached hydrogens (tertiary/aromatic N) is 3. The number of aromatic nitrogens is 1. The van der Waals surface area contributed by atoms with Crippen LogP contribution in [0.25, 0.3) is 0 Å². The lowest BCUT2D eigenvalue weighted by Gasteiger charge is -2.36. The maximum absolute atomic E-state index is 12.3. The molecule has 0 spiro atoms.